The van der Waals surface area contributed by atoms with Crippen molar-refractivity contribution in [2.75, 3.05) is 40.8 Å². The first-order valence-electron chi connectivity index (χ1n) is 5.79. The van der Waals surface area contributed by atoms with Crippen LogP contribution in [0, 0.1) is 0 Å². The van der Waals surface area contributed by atoms with E-state index in [4.69, 9.17) is 5.11 Å². The van der Waals surface area contributed by atoms with E-state index in [0.717, 1.165) is 13.0 Å². The van der Waals surface area contributed by atoms with Gasteiger partial charge in [0, 0.05) is 26.6 Å². The maximum absolute atomic E-state index is 11.5. The number of hydrogen-bond acceptors (Lipinski definition) is 3. The van der Waals surface area contributed by atoms with E-state index in [0.29, 0.717) is 19.5 Å². The molecule has 0 radical (unpaired) electrons. The maximum atomic E-state index is 11.5. The number of rotatable bonds is 8. The number of aliphatic carboxylic acids is 1. The topological polar surface area (TPSA) is 72.9 Å². The van der Waals surface area contributed by atoms with Crippen LogP contribution in [0.3, 0.4) is 0 Å². The molecule has 17 heavy (non-hydrogen) atoms. The van der Waals surface area contributed by atoms with Gasteiger partial charge < -0.3 is 20.2 Å². The van der Waals surface area contributed by atoms with Crippen LogP contribution >= 0.6 is 0 Å². The smallest absolute Gasteiger partial charge is 0.317 e. The lowest BCUT2D eigenvalue weighted by molar-refractivity contribution is -0.137. The summed E-state index contributed by atoms with van der Waals surface area (Å²) in [5.74, 6) is -0.835. The number of nitrogens with one attached hydrogen (secondary N) is 1. The Bertz CT molecular complexity index is 244. The Labute approximate surface area is 103 Å². The van der Waals surface area contributed by atoms with Gasteiger partial charge in [-0.25, -0.2) is 4.79 Å². The summed E-state index contributed by atoms with van der Waals surface area (Å²) in [5, 5.41) is 11.1. The van der Waals surface area contributed by atoms with Gasteiger partial charge in [0.15, 0.2) is 0 Å². The second kappa shape index (κ2) is 8.81. The van der Waals surface area contributed by atoms with Crippen LogP contribution in [-0.4, -0.2) is 67.7 Å². The zero-order valence-electron chi connectivity index (χ0n) is 10.9. The molecule has 0 aliphatic carbocycles. The zero-order chi connectivity index (χ0) is 13.3. The Kier molecular flexibility index (Phi) is 8.13. The van der Waals surface area contributed by atoms with Crippen molar-refractivity contribution in [1.29, 1.82) is 0 Å². The van der Waals surface area contributed by atoms with Gasteiger partial charge in [-0.1, -0.05) is 0 Å². The molecule has 0 saturated heterocycles. The van der Waals surface area contributed by atoms with Gasteiger partial charge in [-0.15, -0.1) is 0 Å². The Balaban J connectivity index is 3.57. The largest absolute Gasteiger partial charge is 0.481 e. The number of urea groups is 1. The van der Waals surface area contributed by atoms with Gasteiger partial charge >= 0.3 is 12.0 Å². The number of carboxylic acid groups (broad SMARTS) is 1. The zero-order valence-corrected chi connectivity index (χ0v) is 10.9. The van der Waals surface area contributed by atoms with Crippen LogP contribution < -0.4 is 5.32 Å². The minimum absolute atomic E-state index is 0.0879. The lowest BCUT2D eigenvalue weighted by Gasteiger charge is -2.19. The van der Waals surface area contributed by atoms with Crippen molar-refractivity contribution in [3.8, 4) is 0 Å². The van der Waals surface area contributed by atoms with E-state index in [1.807, 2.05) is 14.1 Å². The molecule has 0 unspecified atom stereocenters. The molecule has 2 N–H and O–H groups in total. The lowest BCUT2D eigenvalue weighted by Crippen LogP contribution is -2.39. The Hall–Kier alpha value is -1.30. The fourth-order valence-corrected chi connectivity index (χ4v) is 1.30. The van der Waals surface area contributed by atoms with Crippen molar-refractivity contribution in [2.45, 2.75) is 19.3 Å². The maximum Gasteiger partial charge on any atom is 0.317 e. The summed E-state index contributed by atoms with van der Waals surface area (Å²) < 4.78 is 0. The van der Waals surface area contributed by atoms with E-state index in [1.165, 1.54) is 0 Å². The van der Waals surface area contributed by atoms with Crippen LogP contribution in [0.25, 0.3) is 0 Å². The van der Waals surface area contributed by atoms with Gasteiger partial charge in [-0.05, 0) is 33.5 Å². The molecule has 0 fully saturated rings. The van der Waals surface area contributed by atoms with Crippen LogP contribution in [0.5, 0.6) is 0 Å². The number of amides is 2. The van der Waals surface area contributed by atoms with Crippen molar-refractivity contribution in [3.63, 3.8) is 0 Å². The van der Waals surface area contributed by atoms with Crippen molar-refractivity contribution < 1.29 is 14.7 Å². The van der Waals surface area contributed by atoms with Crippen LogP contribution in [0.1, 0.15) is 19.3 Å². The van der Waals surface area contributed by atoms with E-state index < -0.39 is 5.97 Å². The molecule has 0 rings (SSSR count). The van der Waals surface area contributed by atoms with Crippen molar-refractivity contribution in [1.82, 2.24) is 15.1 Å². The molecule has 0 spiro atoms. The van der Waals surface area contributed by atoms with Gasteiger partial charge in [-0.2, -0.15) is 0 Å². The molecule has 100 valence electrons. The number of nitrogens with zero attached hydrogens (tertiary/aromatic N) is 2. The fraction of sp³-hybridized carbons (Fsp3) is 0.818. The molecule has 6 heteroatoms. The minimum Gasteiger partial charge on any atom is -0.481 e. The number of carboxylic acids is 1. The highest BCUT2D eigenvalue weighted by Crippen LogP contribution is 1.92. The third kappa shape index (κ3) is 9.62. The van der Waals surface area contributed by atoms with Gasteiger partial charge in [0.25, 0.3) is 0 Å². The Morgan fingerprint density at radius 3 is 2.29 bits per heavy atom. The minimum atomic E-state index is -0.835. The molecular weight excluding hydrogens is 222 g/mol. The Morgan fingerprint density at radius 2 is 1.76 bits per heavy atom. The van der Waals surface area contributed by atoms with Crippen molar-refractivity contribution in [2.24, 2.45) is 0 Å². The summed E-state index contributed by atoms with van der Waals surface area (Å²) in [6, 6.07) is -0.144. The van der Waals surface area contributed by atoms with Gasteiger partial charge in [-0.3, -0.25) is 4.79 Å². The molecule has 0 aromatic rings. The van der Waals surface area contributed by atoms with E-state index in [1.54, 1.807) is 11.9 Å². The summed E-state index contributed by atoms with van der Waals surface area (Å²) in [4.78, 5) is 25.5. The lowest BCUT2D eigenvalue weighted by atomic mass is 10.3. The second-order valence-electron chi connectivity index (χ2n) is 4.31. The third-order valence-corrected chi connectivity index (χ3v) is 2.29. The molecule has 0 saturated carbocycles. The van der Waals surface area contributed by atoms with Gasteiger partial charge in [0.1, 0.15) is 0 Å². The Morgan fingerprint density at radius 1 is 1.12 bits per heavy atom. The quantitative estimate of drug-likeness (QED) is 0.609. The summed E-state index contributed by atoms with van der Waals surface area (Å²) in [6.07, 6.45) is 1.48. The standard InChI is InChI=1S/C11H23N3O3/c1-13(2)8-5-9-14(3)11(17)12-7-4-6-10(15)16/h4-9H2,1-3H3,(H,12,17)(H,15,16). The fourth-order valence-electron chi connectivity index (χ4n) is 1.30. The summed E-state index contributed by atoms with van der Waals surface area (Å²) in [7, 11) is 5.72. The van der Waals surface area contributed by atoms with Crippen LogP contribution in [0.4, 0.5) is 4.79 Å². The molecule has 0 aromatic carbocycles. The molecule has 0 bridgehead atoms. The highest BCUT2D eigenvalue weighted by molar-refractivity contribution is 5.73. The molecule has 6 nitrogen and oxygen atoms in total. The van der Waals surface area contributed by atoms with Crippen LogP contribution in [0.15, 0.2) is 0 Å². The monoisotopic (exact) mass is 245 g/mol. The van der Waals surface area contributed by atoms with Gasteiger partial charge in [0.05, 0.1) is 0 Å². The number of carbonyl (C=O) groups is 2. The van der Waals surface area contributed by atoms with E-state index >= 15 is 0 Å². The summed E-state index contributed by atoms with van der Waals surface area (Å²) >= 11 is 0. The molecule has 0 aliphatic rings. The molecule has 0 aromatic heterocycles. The van der Waals surface area contributed by atoms with E-state index in [-0.39, 0.29) is 12.5 Å². The van der Waals surface area contributed by atoms with E-state index in [2.05, 4.69) is 10.2 Å². The number of hydrogen-bond donors (Lipinski definition) is 2. The highest BCUT2D eigenvalue weighted by Gasteiger charge is 2.07. The molecule has 2 amide bonds. The molecule has 0 heterocycles. The molecule has 0 aliphatic heterocycles. The van der Waals surface area contributed by atoms with Crippen LogP contribution in [0.2, 0.25) is 0 Å². The normalized spacial score (nSPS) is 10.4. The highest BCUT2D eigenvalue weighted by atomic mass is 16.4. The average molecular weight is 245 g/mol. The predicted octanol–water partition coefficient (Wildman–Crippen LogP) is 0.444. The average Bonchev–Trinajstić information content (AvgIpc) is 2.23. The third-order valence-electron chi connectivity index (χ3n) is 2.29. The van der Waals surface area contributed by atoms with Gasteiger partial charge in [0.2, 0.25) is 0 Å². The van der Waals surface area contributed by atoms with Crippen molar-refractivity contribution in [3.05, 3.63) is 0 Å². The van der Waals surface area contributed by atoms with Crippen LogP contribution in [-0.2, 0) is 4.79 Å². The van der Waals surface area contributed by atoms with Crippen molar-refractivity contribution >= 4 is 12.0 Å². The molecule has 0 atom stereocenters. The predicted molar refractivity (Wildman–Crippen MR) is 66.1 cm³/mol. The van der Waals surface area contributed by atoms with E-state index in [9.17, 15) is 9.59 Å². The second-order valence-corrected chi connectivity index (χ2v) is 4.31. The SMILES string of the molecule is CN(C)CCCN(C)C(=O)NCCCC(=O)O. The first-order valence-corrected chi connectivity index (χ1v) is 5.79. The number of carbonyl (C=O) groups excluding carboxylic acids is 1. The summed E-state index contributed by atoms with van der Waals surface area (Å²) in [5.41, 5.74) is 0. The molecular formula is C11H23N3O3. The summed E-state index contributed by atoms with van der Waals surface area (Å²) in [6.45, 7) is 2.04. The first kappa shape index (κ1) is 15.7. The first-order chi connectivity index (χ1) is 7.93.